The monoisotopic (exact) mass is 553 g/mol. The van der Waals surface area contributed by atoms with Gasteiger partial charge in [0.1, 0.15) is 6.33 Å². The first-order valence-electron chi connectivity index (χ1n) is 6.71. The van der Waals surface area contributed by atoms with Gasteiger partial charge in [0, 0.05) is 32.5 Å². The molecular weight excluding hydrogens is 539 g/mol. The van der Waals surface area contributed by atoms with Crippen molar-refractivity contribution in [3.63, 3.8) is 0 Å². The average Bonchev–Trinajstić information content (AvgIpc) is 2.63. The van der Waals surface area contributed by atoms with Gasteiger partial charge in [-0.15, -0.1) is 29.8 Å². The number of thioether (sulfide) groups is 1. The molecule has 0 unspecified atom stereocenters. The maximum atomic E-state index is 10.3. The second-order valence-electron chi connectivity index (χ2n) is 4.38. The Labute approximate surface area is 164 Å². The Morgan fingerprint density at radius 3 is 2.32 bits per heavy atom. The van der Waals surface area contributed by atoms with E-state index in [-0.39, 0.29) is 25.1 Å². The molecule has 133 valence electrons. The molecule has 0 amide bonds. The minimum atomic E-state index is -4.15. The van der Waals surface area contributed by atoms with Crippen LogP contribution in [0.25, 0.3) is 11.3 Å². The summed E-state index contributed by atoms with van der Waals surface area (Å²) in [6.07, 6.45) is 6.13. The summed E-state index contributed by atoms with van der Waals surface area (Å²) in [5.41, 5.74) is 2.02. The number of nitrogens with zero attached hydrogens (tertiary/aromatic N) is 3. The van der Waals surface area contributed by atoms with Gasteiger partial charge >= 0.3 is 10.1 Å². The van der Waals surface area contributed by atoms with Crippen molar-refractivity contribution in [3.8, 4) is 11.3 Å². The molecule has 1 radical (unpaired) electrons. The molecule has 0 aliphatic carbocycles. The molecule has 1 aromatic carbocycles. The van der Waals surface area contributed by atoms with Gasteiger partial charge in [0.05, 0.1) is 0 Å². The van der Waals surface area contributed by atoms with Gasteiger partial charge in [-0.05, 0) is 24.1 Å². The summed E-state index contributed by atoms with van der Waals surface area (Å²) in [6, 6.07) is 16.4. The fourth-order valence-electron chi connectivity index (χ4n) is 1.65. The first kappa shape index (κ1) is 21.4. The third-order valence-electron chi connectivity index (χ3n) is 2.78. The van der Waals surface area contributed by atoms with E-state index in [1.807, 2.05) is 30.3 Å². The molecule has 0 fully saturated rings. The first-order chi connectivity index (χ1) is 11.5. The Bertz CT molecular complexity index is 862. The van der Waals surface area contributed by atoms with Gasteiger partial charge in [0.2, 0.25) is 0 Å². The quantitative estimate of drug-likeness (QED) is 0.231. The third-order valence-corrected chi connectivity index (χ3v) is 4.28. The van der Waals surface area contributed by atoms with Crippen molar-refractivity contribution in [1.82, 2.24) is 15.0 Å². The molecule has 0 aliphatic heterocycles. The van der Waals surface area contributed by atoms with Crippen molar-refractivity contribution in [1.29, 1.82) is 0 Å². The number of benzene rings is 1. The molecule has 1 N–H and O–H groups in total. The summed E-state index contributed by atoms with van der Waals surface area (Å²) < 4.78 is 29.0. The standard InChI is InChI=1S/C12H10NS.C4H4N2O3S.Ir/c1-14-11-7-5-10(6-8-11)12-4-2-3-9-13-12;7-10(8,9)4-1-2-5-3-6-4;/h2-5,7-9H,1H3;1-3H,(H,7,8,9);/q-1;;. The van der Waals surface area contributed by atoms with Crippen molar-refractivity contribution >= 4 is 21.9 Å². The minimum Gasteiger partial charge on any atom is -0.305 e. The van der Waals surface area contributed by atoms with Crippen LogP contribution in [-0.2, 0) is 30.2 Å². The van der Waals surface area contributed by atoms with E-state index in [0.717, 1.165) is 23.7 Å². The van der Waals surface area contributed by atoms with Crippen LogP contribution in [0.3, 0.4) is 0 Å². The molecule has 0 saturated carbocycles. The van der Waals surface area contributed by atoms with Crippen LogP contribution in [0.5, 0.6) is 0 Å². The van der Waals surface area contributed by atoms with E-state index in [4.69, 9.17) is 4.55 Å². The summed E-state index contributed by atoms with van der Waals surface area (Å²) in [5.74, 6) is 0. The fraction of sp³-hybridized carbons (Fsp3) is 0.0625. The van der Waals surface area contributed by atoms with Crippen LogP contribution in [0.4, 0.5) is 0 Å². The first-order valence-corrected chi connectivity index (χ1v) is 9.38. The molecule has 6 nitrogen and oxygen atoms in total. The minimum absolute atomic E-state index is 0. The number of hydrogen-bond donors (Lipinski definition) is 1. The molecule has 2 heterocycles. The molecule has 0 aliphatic rings. The maximum absolute atomic E-state index is 10.3. The second kappa shape index (κ2) is 10.4. The van der Waals surface area contributed by atoms with E-state index in [1.54, 1.807) is 18.0 Å². The molecule has 2 aromatic heterocycles. The van der Waals surface area contributed by atoms with E-state index in [9.17, 15) is 8.42 Å². The van der Waals surface area contributed by atoms with Crippen LogP contribution in [0, 0.1) is 6.07 Å². The Balaban J connectivity index is 0.000000254. The summed E-state index contributed by atoms with van der Waals surface area (Å²) >= 11 is 1.72. The van der Waals surface area contributed by atoms with Gasteiger partial charge in [-0.1, -0.05) is 17.0 Å². The van der Waals surface area contributed by atoms with Gasteiger partial charge in [-0.3, -0.25) is 4.55 Å². The summed E-state index contributed by atoms with van der Waals surface area (Å²) in [7, 11) is -4.15. The second-order valence-corrected chi connectivity index (χ2v) is 6.63. The Morgan fingerprint density at radius 1 is 1.08 bits per heavy atom. The van der Waals surface area contributed by atoms with Crippen LogP contribution in [0.2, 0.25) is 0 Å². The largest absolute Gasteiger partial charge is 0.312 e. The van der Waals surface area contributed by atoms with Crippen molar-refractivity contribution < 1.29 is 33.1 Å². The van der Waals surface area contributed by atoms with Gasteiger partial charge in [0.15, 0.2) is 5.03 Å². The van der Waals surface area contributed by atoms with Crippen molar-refractivity contribution in [3.05, 3.63) is 67.3 Å². The molecule has 9 heteroatoms. The number of rotatable bonds is 3. The van der Waals surface area contributed by atoms with Crippen molar-refractivity contribution in [2.24, 2.45) is 0 Å². The van der Waals surface area contributed by atoms with Crippen molar-refractivity contribution in [2.75, 3.05) is 6.26 Å². The molecule has 0 bridgehead atoms. The van der Waals surface area contributed by atoms with Gasteiger partial charge in [-0.2, -0.15) is 20.2 Å². The molecule has 0 atom stereocenters. The Morgan fingerprint density at radius 2 is 1.88 bits per heavy atom. The van der Waals surface area contributed by atoms with Crippen LogP contribution < -0.4 is 0 Å². The molecule has 3 aromatic rings. The van der Waals surface area contributed by atoms with E-state index >= 15 is 0 Å². The SMILES string of the molecule is CSc1c[c-]c(-c2ccccn2)cc1.O=S(=O)(O)c1ccncn1.[Ir]. The normalized spacial score (nSPS) is 10.2. The summed E-state index contributed by atoms with van der Waals surface area (Å²) in [5, 5.41) is -0.387. The smallest absolute Gasteiger partial charge is 0.305 e. The van der Waals surface area contributed by atoms with E-state index in [0.29, 0.717) is 0 Å². The summed E-state index contributed by atoms with van der Waals surface area (Å²) in [6.45, 7) is 0. The van der Waals surface area contributed by atoms with Gasteiger partial charge < -0.3 is 4.98 Å². The van der Waals surface area contributed by atoms with Crippen LogP contribution in [0.15, 0.2) is 71.1 Å². The van der Waals surface area contributed by atoms with E-state index in [2.05, 4.69) is 33.3 Å². The Hall–Kier alpha value is -1.64. The maximum Gasteiger partial charge on any atom is 0.312 e. The zero-order valence-electron chi connectivity index (χ0n) is 13.0. The number of aromatic nitrogens is 3. The third kappa shape index (κ3) is 7.01. The van der Waals surface area contributed by atoms with E-state index in [1.165, 1.54) is 11.1 Å². The predicted octanol–water partition coefficient (Wildman–Crippen LogP) is 2.99. The van der Waals surface area contributed by atoms with Gasteiger partial charge in [-0.25, -0.2) is 9.97 Å². The molecular formula is C16H14IrN3O3S2-. The summed E-state index contributed by atoms with van der Waals surface area (Å²) in [4.78, 5) is 12.3. The van der Waals surface area contributed by atoms with Crippen molar-refractivity contribution in [2.45, 2.75) is 9.92 Å². The number of hydrogen-bond acceptors (Lipinski definition) is 6. The molecule has 25 heavy (non-hydrogen) atoms. The van der Waals surface area contributed by atoms with Crippen LogP contribution in [0.1, 0.15) is 0 Å². The number of pyridine rings is 1. The van der Waals surface area contributed by atoms with Gasteiger partial charge in [0.25, 0.3) is 0 Å². The van der Waals surface area contributed by atoms with E-state index < -0.39 is 10.1 Å². The topological polar surface area (TPSA) is 93.0 Å². The molecule has 0 spiro atoms. The predicted molar refractivity (Wildman–Crippen MR) is 92.1 cm³/mol. The molecule has 0 saturated heterocycles. The van der Waals surface area contributed by atoms with Crippen LogP contribution >= 0.6 is 11.8 Å². The zero-order chi connectivity index (χ0) is 17.4. The Kier molecular flexibility index (Phi) is 8.88. The zero-order valence-corrected chi connectivity index (χ0v) is 17.1. The fourth-order valence-corrected chi connectivity index (χ4v) is 2.44. The van der Waals surface area contributed by atoms with Crippen LogP contribution in [-0.4, -0.2) is 34.2 Å². The average molecular weight is 553 g/mol. The molecule has 3 rings (SSSR count).